The Kier molecular flexibility index (Phi) is 8.21. The Bertz CT molecular complexity index is 1560. The second kappa shape index (κ2) is 11.7. The number of aromatic nitrogens is 5. The molecule has 1 aromatic carbocycles. The number of carboxylic acids is 1. The second-order valence-electron chi connectivity index (χ2n) is 12.1. The van der Waals surface area contributed by atoms with Crippen LogP contribution < -0.4 is 4.90 Å². The third-order valence-electron chi connectivity index (χ3n) is 7.54. The smallest absolute Gasteiger partial charge is 0.337 e. The van der Waals surface area contributed by atoms with E-state index >= 15 is 0 Å². The minimum atomic E-state index is -1.22. The number of aliphatic carboxylic acids is 1. The van der Waals surface area contributed by atoms with Gasteiger partial charge in [-0.05, 0) is 53.0 Å². The molecule has 1 saturated heterocycles. The Hall–Kier alpha value is -4.02. The number of nitrogens with zero attached hydrogens (tertiary/aromatic N) is 6. The first-order chi connectivity index (χ1) is 20.0. The van der Waals surface area contributed by atoms with Crippen molar-refractivity contribution in [2.45, 2.75) is 71.3 Å². The van der Waals surface area contributed by atoms with Gasteiger partial charge < -0.3 is 24.0 Å². The molecule has 1 aliphatic rings. The Morgan fingerprint density at radius 1 is 1.19 bits per heavy atom. The van der Waals surface area contributed by atoms with Gasteiger partial charge in [0.1, 0.15) is 17.2 Å². The van der Waals surface area contributed by atoms with Gasteiger partial charge in [-0.2, -0.15) is 9.61 Å². The second-order valence-corrected chi connectivity index (χ2v) is 12.1. The van der Waals surface area contributed by atoms with E-state index in [1.165, 1.54) is 5.56 Å². The zero-order valence-electron chi connectivity index (χ0n) is 25.1. The van der Waals surface area contributed by atoms with E-state index in [1.54, 1.807) is 16.9 Å². The molecule has 5 rings (SSSR count). The molecule has 1 N–H and O–H groups in total. The molecule has 1 atom stereocenters. The summed E-state index contributed by atoms with van der Waals surface area (Å²) in [4.78, 5) is 24.3. The summed E-state index contributed by atoms with van der Waals surface area (Å²) in [6.07, 6.45) is 5.83. The topological polar surface area (TPSA) is 107 Å². The SMILES string of the molecule is C=CCOC1(C)CCN(c2c(C(OC(C)(C)C)C(=O)O)c(C)nc3cc(-c4cn(Cc5ccccc5)cn4)nn23)CC1. The van der Waals surface area contributed by atoms with E-state index in [1.807, 2.05) is 62.7 Å². The lowest BCUT2D eigenvalue weighted by Gasteiger charge is -2.41. The number of rotatable bonds is 10. The van der Waals surface area contributed by atoms with Crippen LogP contribution in [0.4, 0.5) is 5.82 Å². The predicted octanol–water partition coefficient (Wildman–Crippen LogP) is 5.45. The summed E-state index contributed by atoms with van der Waals surface area (Å²) in [5, 5.41) is 15.3. The van der Waals surface area contributed by atoms with Gasteiger partial charge in [0.15, 0.2) is 11.8 Å². The molecule has 0 bridgehead atoms. The molecule has 0 amide bonds. The minimum absolute atomic E-state index is 0.291. The molecule has 4 heterocycles. The average Bonchev–Trinajstić information content (AvgIpc) is 3.58. The number of hydrogen-bond donors (Lipinski definition) is 1. The van der Waals surface area contributed by atoms with E-state index in [0.717, 1.165) is 12.8 Å². The van der Waals surface area contributed by atoms with Crippen molar-refractivity contribution in [2.75, 3.05) is 24.6 Å². The molecule has 0 spiro atoms. The number of carbonyl (C=O) groups is 1. The number of imidazole rings is 1. The molecular weight excluding hydrogens is 532 g/mol. The van der Waals surface area contributed by atoms with Gasteiger partial charge in [0, 0.05) is 37.6 Å². The number of anilines is 1. The lowest BCUT2D eigenvalue weighted by Crippen LogP contribution is -2.45. The van der Waals surface area contributed by atoms with Crippen molar-refractivity contribution in [3.05, 3.63) is 78.4 Å². The zero-order valence-corrected chi connectivity index (χ0v) is 25.1. The summed E-state index contributed by atoms with van der Waals surface area (Å²) in [6, 6.07) is 12.1. The maximum Gasteiger partial charge on any atom is 0.337 e. The van der Waals surface area contributed by atoms with Crippen molar-refractivity contribution in [3.63, 3.8) is 0 Å². The molecule has 0 aliphatic carbocycles. The van der Waals surface area contributed by atoms with Crippen LogP contribution in [0, 0.1) is 6.92 Å². The van der Waals surface area contributed by atoms with Gasteiger partial charge in [-0.3, -0.25) is 0 Å². The quantitative estimate of drug-likeness (QED) is 0.250. The molecule has 1 aliphatic heterocycles. The number of benzene rings is 1. The zero-order chi connectivity index (χ0) is 30.1. The number of aryl methyl sites for hydroxylation is 1. The van der Waals surface area contributed by atoms with Crippen LogP contribution in [0.5, 0.6) is 0 Å². The van der Waals surface area contributed by atoms with Crippen LogP contribution in [0.1, 0.15) is 63.5 Å². The summed E-state index contributed by atoms with van der Waals surface area (Å²) in [5.74, 6) is -0.395. The molecule has 3 aromatic heterocycles. The van der Waals surface area contributed by atoms with Crippen LogP contribution in [0.25, 0.3) is 17.0 Å². The molecule has 0 saturated carbocycles. The first-order valence-corrected chi connectivity index (χ1v) is 14.3. The van der Waals surface area contributed by atoms with Crippen LogP contribution >= 0.6 is 0 Å². The van der Waals surface area contributed by atoms with Crippen molar-refractivity contribution >= 4 is 17.4 Å². The van der Waals surface area contributed by atoms with E-state index in [9.17, 15) is 9.90 Å². The fraction of sp³-hybridized carbons (Fsp3) is 0.438. The average molecular weight is 573 g/mol. The largest absolute Gasteiger partial charge is 0.479 e. The van der Waals surface area contributed by atoms with Gasteiger partial charge in [-0.15, -0.1) is 6.58 Å². The van der Waals surface area contributed by atoms with Crippen LogP contribution in [-0.4, -0.2) is 66.1 Å². The molecule has 222 valence electrons. The maximum atomic E-state index is 12.7. The maximum absolute atomic E-state index is 12.7. The van der Waals surface area contributed by atoms with Crippen molar-refractivity contribution < 1.29 is 19.4 Å². The predicted molar refractivity (Wildman–Crippen MR) is 162 cm³/mol. The van der Waals surface area contributed by atoms with Gasteiger partial charge in [-0.1, -0.05) is 36.4 Å². The van der Waals surface area contributed by atoms with E-state index in [-0.39, 0.29) is 5.60 Å². The monoisotopic (exact) mass is 572 g/mol. The highest BCUT2D eigenvalue weighted by molar-refractivity contribution is 5.78. The Morgan fingerprint density at radius 3 is 2.55 bits per heavy atom. The summed E-state index contributed by atoms with van der Waals surface area (Å²) in [6.45, 7) is 15.8. The molecular formula is C32H40N6O4. The van der Waals surface area contributed by atoms with Crippen LogP contribution in [0.2, 0.25) is 0 Å². The van der Waals surface area contributed by atoms with Gasteiger partial charge in [0.25, 0.3) is 0 Å². The summed E-state index contributed by atoms with van der Waals surface area (Å²) >= 11 is 0. The van der Waals surface area contributed by atoms with Crippen LogP contribution in [-0.2, 0) is 20.8 Å². The van der Waals surface area contributed by atoms with Crippen molar-refractivity contribution in [2.24, 2.45) is 0 Å². The fourth-order valence-electron chi connectivity index (χ4n) is 5.41. The van der Waals surface area contributed by atoms with Gasteiger partial charge in [0.05, 0.1) is 29.7 Å². The summed E-state index contributed by atoms with van der Waals surface area (Å²) < 4.78 is 16.0. The van der Waals surface area contributed by atoms with E-state index in [4.69, 9.17) is 19.6 Å². The van der Waals surface area contributed by atoms with Gasteiger partial charge in [-0.25, -0.2) is 14.8 Å². The lowest BCUT2D eigenvalue weighted by molar-refractivity contribution is -0.160. The third kappa shape index (κ3) is 6.39. The Balaban J connectivity index is 1.58. The fourth-order valence-corrected chi connectivity index (χ4v) is 5.41. The number of hydrogen-bond acceptors (Lipinski definition) is 7. The summed E-state index contributed by atoms with van der Waals surface area (Å²) in [5.41, 5.74) is 3.28. The standard InChI is InChI=1S/C32H40N6O4/c1-7-17-41-32(6)13-15-37(16-14-32)29-27(28(30(39)40)42-31(3,4)5)22(2)34-26-18-24(35-38(26)29)25-20-36(21-33-25)19-23-11-9-8-10-12-23/h7-12,18,20-21,28H,1,13-17,19H2,2-6H3,(H,39,40). The van der Waals surface area contributed by atoms with Crippen molar-refractivity contribution in [1.82, 2.24) is 24.1 Å². The van der Waals surface area contributed by atoms with Gasteiger partial charge in [0.2, 0.25) is 0 Å². The Labute approximate surface area is 246 Å². The number of piperidine rings is 1. The number of ether oxygens (including phenoxy) is 2. The minimum Gasteiger partial charge on any atom is -0.479 e. The third-order valence-corrected chi connectivity index (χ3v) is 7.54. The molecule has 1 fully saturated rings. The first kappa shape index (κ1) is 29.5. The molecule has 0 radical (unpaired) electrons. The van der Waals surface area contributed by atoms with Crippen molar-refractivity contribution in [1.29, 1.82) is 0 Å². The normalized spacial score (nSPS) is 16.1. The first-order valence-electron chi connectivity index (χ1n) is 14.3. The van der Waals surface area contributed by atoms with Crippen molar-refractivity contribution in [3.8, 4) is 11.4 Å². The summed E-state index contributed by atoms with van der Waals surface area (Å²) in [7, 11) is 0. The van der Waals surface area contributed by atoms with E-state index in [2.05, 4.69) is 35.5 Å². The molecule has 10 nitrogen and oxygen atoms in total. The molecule has 1 unspecified atom stereocenters. The number of fused-ring (bicyclic) bond motifs is 1. The Morgan fingerprint density at radius 2 is 1.90 bits per heavy atom. The van der Waals surface area contributed by atoms with E-state index < -0.39 is 17.7 Å². The van der Waals surface area contributed by atoms with Crippen LogP contribution in [0.3, 0.4) is 0 Å². The van der Waals surface area contributed by atoms with E-state index in [0.29, 0.717) is 60.4 Å². The highest BCUT2D eigenvalue weighted by Crippen LogP contribution is 2.38. The lowest BCUT2D eigenvalue weighted by atomic mass is 9.92. The van der Waals surface area contributed by atoms with Gasteiger partial charge >= 0.3 is 5.97 Å². The molecule has 4 aromatic rings. The molecule has 10 heteroatoms. The highest BCUT2D eigenvalue weighted by atomic mass is 16.5. The number of carboxylic acid groups (broad SMARTS) is 1. The molecule has 42 heavy (non-hydrogen) atoms. The highest BCUT2D eigenvalue weighted by Gasteiger charge is 2.37. The van der Waals surface area contributed by atoms with Crippen LogP contribution in [0.15, 0.2) is 61.6 Å².